The first kappa shape index (κ1) is 12.2. The minimum atomic E-state index is -0.508. The molecule has 0 amide bonds. The molecule has 1 aromatic carbocycles. The zero-order valence-electron chi connectivity index (χ0n) is 9.06. The molecule has 0 bridgehead atoms. The van der Waals surface area contributed by atoms with Gasteiger partial charge in [-0.15, -0.1) is 0 Å². The van der Waals surface area contributed by atoms with Gasteiger partial charge in [0.15, 0.2) is 0 Å². The Morgan fingerprint density at radius 2 is 1.93 bits per heavy atom. The van der Waals surface area contributed by atoms with Crippen molar-refractivity contribution in [1.29, 1.82) is 0 Å². The number of aliphatic hydroxyl groups excluding tert-OH is 2. The van der Waals surface area contributed by atoms with Crippen LogP contribution in [0.1, 0.15) is 25.0 Å². The Morgan fingerprint density at radius 1 is 1.27 bits per heavy atom. The van der Waals surface area contributed by atoms with Crippen molar-refractivity contribution in [1.82, 2.24) is 5.32 Å². The van der Waals surface area contributed by atoms with E-state index in [-0.39, 0.29) is 12.6 Å². The van der Waals surface area contributed by atoms with Gasteiger partial charge in [0.25, 0.3) is 0 Å². The largest absolute Gasteiger partial charge is 0.395 e. The zero-order valence-corrected chi connectivity index (χ0v) is 9.06. The zero-order chi connectivity index (χ0) is 11.1. The van der Waals surface area contributed by atoms with Crippen LogP contribution in [0.15, 0.2) is 30.3 Å². The maximum atomic E-state index is 9.82. The quantitative estimate of drug-likeness (QED) is 0.657. The molecule has 0 saturated carbocycles. The van der Waals surface area contributed by atoms with E-state index in [1.54, 1.807) is 0 Å². The summed E-state index contributed by atoms with van der Waals surface area (Å²) < 4.78 is 0. The number of aliphatic hydroxyl groups is 2. The molecule has 84 valence electrons. The van der Waals surface area contributed by atoms with Crippen molar-refractivity contribution in [3.8, 4) is 0 Å². The van der Waals surface area contributed by atoms with E-state index >= 15 is 0 Å². The Hall–Kier alpha value is -0.900. The molecule has 0 spiro atoms. The predicted octanol–water partition coefficient (Wildman–Crippen LogP) is 1.08. The van der Waals surface area contributed by atoms with Crippen molar-refractivity contribution >= 4 is 0 Å². The lowest BCUT2D eigenvalue weighted by Crippen LogP contribution is -2.34. The summed E-state index contributed by atoms with van der Waals surface area (Å²) in [6.07, 6.45) is 0.352. The van der Waals surface area contributed by atoms with Crippen LogP contribution in [0, 0.1) is 0 Å². The first-order valence-electron chi connectivity index (χ1n) is 5.35. The molecule has 0 fully saturated rings. The van der Waals surface area contributed by atoms with E-state index in [0.29, 0.717) is 6.54 Å². The third-order valence-electron chi connectivity index (χ3n) is 2.50. The fraction of sp³-hybridized carbons (Fsp3) is 0.500. The van der Waals surface area contributed by atoms with Crippen molar-refractivity contribution in [3.63, 3.8) is 0 Å². The highest BCUT2D eigenvalue weighted by atomic mass is 16.3. The molecule has 0 heterocycles. The van der Waals surface area contributed by atoms with Crippen LogP contribution in [0.25, 0.3) is 0 Å². The third-order valence-corrected chi connectivity index (χ3v) is 2.50. The van der Waals surface area contributed by atoms with Gasteiger partial charge in [-0.05, 0) is 12.0 Å². The molecule has 0 aliphatic carbocycles. The van der Waals surface area contributed by atoms with Crippen molar-refractivity contribution < 1.29 is 10.2 Å². The van der Waals surface area contributed by atoms with Gasteiger partial charge in [0.05, 0.1) is 12.7 Å². The Morgan fingerprint density at radius 3 is 2.47 bits per heavy atom. The van der Waals surface area contributed by atoms with Gasteiger partial charge in [-0.3, -0.25) is 0 Å². The summed E-state index contributed by atoms with van der Waals surface area (Å²) in [6, 6.07) is 9.59. The molecule has 0 aliphatic rings. The van der Waals surface area contributed by atoms with Gasteiger partial charge in [0, 0.05) is 12.6 Å². The summed E-state index contributed by atoms with van der Waals surface area (Å²) in [5, 5.41) is 21.9. The maximum absolute atomic E-state index is 9.82. The molecular weight excluding hydrogens is 190 g/mol. The van der Waals surface area contributed by atoms with E-state index in [1.165, 1.54) is 0 Å². The van der Waals surface area contributed by atoms with Crippen LogP contribution in [-0.4, -0.2) is 29.4 Å². The molecule has 3 N–H and O–H groups in total. The smallest absolute Gasteiger partial charge is 0.0914 e. The first-order valence-corrected chi connectivity index (χ1v) is 5.35. The average Bonchev–Trinajstić information content (AvgIpc) is 2.31. The molecule has 1 aromatic rings. The van der Waals surface area contributed by atoms with Crippen molar-refractivity contribution in [2.24, 2.45) is 0 Å². The molecule has 0 aromatic heterocycles. The van der Waals surface area contributed by atoms with Crippen LogP contribution >= 0.6 is 0 Å². The highest BCUT2D eigenvalue weighted by Crippen LogP contribution is 2.10. The van der Waals surface area contributed by atoms with E-state index in [1.807, 2.05) is 37.3 Å². The predicted molar refractivity (Wildman–Crippen MR) is 60.6 cm³/mol. The standard InChI is InChI=1S/C12H19NO2/c1-2-11(9-14)13-8-12(15)10-6-4-3-5-7-10/h3-7,11-15H,2,8-9H2,1H3/t11-,12+/m1/s1. The van der Waals surface area contributed by atoms with Crippen LogP contribution in [0.5, 0.6) is 0 Å². The lowest BCUT2D eigenvalue weighted by Gasteiger charge is -2.17. The maximum Gasteiger partial charge on any atom is 0.0914 e. The SMILES string of the molecule is CC[C@H](CO)NC[C@H](O)c1ccccc1. The van der Waals surface area contributed by atoms with E-state index in [2.05, 4.69) is 5.32 Å². The second kappa shape index (κ2) is 6.56. The Kier molecular flexibility index (Phi) is 5.32. The molecular formula is C12H19NO2. The number of benzene rings is 1. The lowest BCUT2D eigenvalue weighted by atomic mass is 10.1. The average molecular weight is 209 g/mol. The van der Waals surface area contributed by atoms with Gasteiger partial charge in [0.1, 0.15) is 0 Å². The Balaban J connectivity index is 2.39. The number of hydrogen-bond donors (Lipinski definition) is 3. The van der Waals surface area contributed by atoms with Gasteiger partial charge in [-0.25, -0.2) is 0 Å². The molecule has 0 saturated heterocycles. The Labute approximate surface area is 90.8 Å². The Bertz CT molecular complexity index is 260. The van der Waals surface area contributed by atoms with Gasteiger partial charge >= 0.3 is 0 Å². The molecule has 3 nitrogen and oxygen atoms in total. The van der Waals surface area contributed by atoms with Crippen molar-refractivity contribution in [3.05, 3.63) is 35.9 Å². The molecule has 0 aliphatic heterocycles. The number of nitrogens with one attached hydrogen (secondary N) is 1. The highest BCUT2D eigenvalue weighted by Gasteiger charge is 2.09. The lowest BCUT2D eigenvalue weighted by molar-refractivity contribution is 0.158. The van der Waals surface area contributed by atoms with Gasteiger partial charge in [-0.2, -0.15) is 0 Å². The van der Waals surface area contributed by atoms with Crippen molar-refractivity contribution in [2.75, 3.05) is 13.2 Å². The second-order valence-electron chi connectivity index (χ2n) is 3.62. The minimum absolute atomic E-state index is 0.0726. The summed E-state index contributed by atoms with van der Waals surface area (Å²) in [5.74, 6) is 0. The van der Waals surface area contributed by atoms with E-state index in [4.69, 9.17) is 5.11 Å². The molecule has 0 unspecified atom stereocenters. The summed E-state index contributed by atoms with van der Waals surface area (Å²) in [4.78, 5) is 0. The van der Waals surface area contributed by atoms with Gasteiger partial charge < -0.3 is 15.5 Å². The minimum Gasteiger partial charge on any atom is -0.395 e. The molecule has 1 rings (SSSR count). The number of rotatable bonds is 6. The topological polar surface area (TPSA) is 52.5 Å². The normalized spacial score (nSPS) is 14.9. The van der Waals surface area contributed by atoms with Gasteiger partial charge in [0.2, 0.25) is 0 Å². The van der Waals surface area contributed by atoms with E-state index < -0.39 is 6.10 Å². The summed E-state index contributed by atoms with van der Waals surface area (Å²) in [5.41, 5.74) is 0.901. The molecule has 3 heteroatoms. The van der Waals surface area contributed by atoms with Crippen LogP contribution < -0.4 is 5.32 Å². The summed E-state index contributed by atoms with van der Waals surface area (Å²) in [6.45, 7) is 2.59. The fourth-order valence-corrected chi connectivity index (χ4v) is 1.41. The van der Waals surface area contributed by atoms with Gasteiger partial charge in [-0.1, -0.05) is 37.3 Å². The van der Waals surface area contributed by atoms with E-state index in [0.717, 1.165) is 12.0 Å². The van der Waals surface area contributed by atoms with Crippen molar-refractivity contribution in [2.45, 2.75) is 25.5 Å². The summed E-state index contributed by atoms with van der Waals surface area (Å²) in [7, 11) is 0. The molecule has 2 atom stereocenters. The first-order chi connectivity index (χ1) is 7.27. The highest BCUT2D eigenvalue weighted by molar-refractivity contribution is 5.17. The number of hydrogen-bond acceptors (Lipinski definition) is 3. The van der Waals surface area contributed by atoms with Crippen LogP contribution in [0.3, 0.4) is 0 Å². The van der Waals surface area contributed by atoms with Crippen LogP contribution in [0.4, 0.5) is 0 Å². The van der Waals surface area contributed by atoms with Crippen LogP contribution in [-0.2, 0) is 0 Å². The fourth-order valence-electron chi connectivity index (χ4n) is 1.41. The third kappa shape index (κ3) is 4.00. The van der Waals surface area contributed by atoms with E-state index in [9.17, 15) is 5.11 Å². The molecule has 0 radical (unpaired) electrons. The monoisotopic (exact) mass is 209 g/mol. The molecule has 15 heavy (non-hydrogen) atoms. The van der Waals surface area contributed by atoms with Crippen LogP contribution in [0.2, 0.25) is 0 Å². The second-order valence-corrected chi connectivity index (χ2v) is 3.62. The summed E-state index contributed by atoms with van der Waals surface area (Å²) >= 11 is 0.